The van der Waals surface area contributed by atoms with E-state index in [1.54, 1.807) is 0 Å². The van der Waals surface area contributed by atoms with Gasteiger partial charge in [0.1, 0.15) is 11.5 Å². The van der Waals surface area contributed by atoms with Gasteiger partial charge in [0.05, 0.1) is 0 Å². The summed E-state index contributed by atoms with van der Waals surface area (Å²) in [4.78, 5) is 15.4. The molecule has 0 unspecified atom stereocenters. The Kier molecular flexibility index (Phi) is 2.51. The normalized spacial score (nSPS) is 14.5. The summed E-state index contributed by atoms with van der Waals surface area (Å²) in [6.07, 6.45) is 3.08. The van der Waals surface area contributed by atoms with Crippen molar-refractivity contribution in [2.24, 2.45) is 5.92 Å². The maximum absolute atomic E-state index is 13.0. The third-order valence-electron chi connectivity index (χ3n) is 2.54. The summed E-state index contributed by atoms with van der Waals surface area (Å²) in [6.45, 7) is 0. The highest BCUT2D eigenvalue weighted by Gasteiger charge is 2.30. The third kappa shape index (κ3) is 2.20. The summed E-state index contributed by atoms with van der Waals surface area (Å²) in [5.41, 5.74) is 0.231. The van der Waals surface area contributed by atoms with E-state index in [1.165, 1.54) is 18.3 Å². The van der Waals surface area contributed by atoms with Crippen molar-refractivity contribution in [2.75, 3.05) is 5.32 Å². The fourth-order valence-corrected chi connectivity index (χ4v) is 1.45. The summed E-state index contributed by atoms with van der Waals surface area (Å²) in [7, 11) is 0. The molecule has 0 saturated heterocycles. The van der Waals surface area contributed by atoms with Crippen molar-refractivity contribution in [2.45, 2.75) is 12.8 Å². The number of carbonyl (C=O) groups is 1. The molecule has 0 spiro atoms. The van der Waals surface area contributed by atoms with E-state index in [4.69, 9.17) is 4.42 Å². The predicted molar refractivity (Wildman–Crippen MR) is 58.8 cm³/mol. The second kappa shape index (κ2) is 4.17. The Morgan fingerprint density at radius 1 is 1.44 bits per heavy atom. The number of aromatic nitrogens is 3. The van der Waals surface area contributed by atoms with Crippen LogP contribution < -0.4 is 5.32 Å². The number of pyridine rings is 1. The quantitative estimate of drug-likeness (QED) is 0.892. The van der Waals surface area contributed by atoms with E-state index in [-0.39, 0.29) is 29.4 Å². The Hall–Kier alpha value is -2.31. The summed E-state index contributed by atoms with van der Waals surface area (Å²) < 4.78 is 18.2. The molecule has 0 aliphatic heterocycles. The zero-order valence-electron chi connectivity index (χ0n) is 9.26. The molecule has 0 aromatic carbocycles. The largest absolute Gasteiger partial charge is 0.401 e. The van der Waals surface area contributed by atoms with E-state index in [1.807, 2.05) is 0 Å². The van der Waals surface area contributed by atoms with Crippen molar-refractivity contribution < 1.29 is 13.6 Å². The van der Waals surface area contributed by atoms with Gasteiger partial charge in [-0.05, 0) is 18.9 Å². The minimum absolute atomic E-state index is 0.00737. The van der Waals surface area contributed by atoms with Crippen LogP contribution in [0.3, 0.4) is 0 Å². The van der Waals surface area contributed by atoms with Crippen molar-refractivity contribution in [1.82, 2.24) is 15.2 Å². The van der Waals surface area contributed by atoms with Crippen molar-refractivity contribution >= 4 is 11.9 Å². The smallest absolute Gasteiger partial charge is 0.322 e. The average Bonchev–Trinajstić information content (AvgIpc) is 3.10. The van der Waals surface area contributed by atoms with Gasteiger partial charge in [-0.15, -0.1) is 5.10 Å². The van der Waals surface area contributed by atoms with Gasteiger partial charge in [0.25, 0.3) is 5.89 Å². The Balaban J connectivity index is 1.78. The first kappa shape index (κ1) is 10.8. The molecule has 1 fully saturated rings. The summed E-state index contributed by atoms with van der Waals surface area (Å²) >= 11 is 0. The highest BCUT2D eigenvalue weighted by atomic mass is 19.1. The highest BCUT2D eigenvalue weighted by molar-refractivity contribution is 5.92. The minimum atomic E-state index is -0.443. The third-order valence-corrected chi connectivity index (χ3v) is 2.54. The number of amides is 1. The summed E-state index contributed by atoms with van der Waals surface area (Å²) in [6, 6.07) is 2.41. The van der Waals surface area contributed by atoms with Crippen LogP contribution in [0.2, 0.25) is 0 Å². The van der Waals surface area contributed by atoms with Crippen molar-refractivity contribution in [1.29, 1.82) is 0 Å². The number of carbonyl (C=O) groups excluding carboxylic acids is 1. The molecular formula is C11H9FN4O2. The molecule has 92 valence electrons. The zero-order valence-corrected chi connectivity index (χ0v) is 9.26. The Labute approximate surface area is 101 Å². The van der Waals surface area contributed by atoms with Crippen LogP contribution in [-0.2, 0) is 4.79 Å². The first-order valence-corrected chi connectivity index (χ1v) is 5.48. The molecule has 0 atom stereocenters. The fraction of sp³-hybridized carbons (Fsp3) is 0.273. The van der Waals surface area contributed by atoms with Crippen LogP contribution in [0.4, 0.5) is 10.4 Å². The molecular weight excluding hydrogens is 239 g/mol. The molecule has 2 aromatic rings. The Bertz CT molecular complexity index is 594. The number of hydrogen-bond donors (Lipinski definition) is 1. The lowest BCUT2D eigenvalue weighted by atomic mass is 10.3. The first-order valence-electron chi connectivity index (χ1n) is 5.48. The van der Waals surface area contributed by atoms with Crippen LogP contribution >= 0.6 is 0 Å². The van der Waals surface area contributed by atoms with E-state index in [9.17, 15) is 9.18 Å². The highest BCUT2D eigenvalue weighted by Crippen LogP contribution is 2.30. The topological polar surface area (TPSA) is 80.9 Å². The lowest BCUT2D eigenvalue weighted by Crippen LogP contribution is -2.13. The van der Waals surface area contributed by atoms with Gasteiger partial charge in [-0.3, -0.25) is 15.1 Å². The van der Waals surface area contributed by atoms with Gasteiger partial charge in [0, 0.05) is 18.2 Å². The van der Waals surface area contributed by atoms with E-state index < -0.39 is 5.82 Å². The van der Waals surface area contributed by atoms with E-state index in [0.29, 0.717) is 0 Å². The number of nitrogens with zero attached hydrogens (tertiary/aromatic N) is 3. The van der Waals surface area contributed by atoms with Gasteiger partial charge in [-0.25, -0.2) is 4.39 Å². The predicted octanol–water partition coefficient (Wildman–Crippen LogP) is 1.62. The molecule has 0 bridgehead atoms. The number of hydrogen-bond acceptors (Lipinski definition) is 5. The van der Waals surface area contributed by atoms with Crippen LogP contribution in [0.1, 0.15) is 12.8 Å². The Morgan fingerprint density at radius 3 is 3.00 bits per heavy atom. The molecule has 7 heteroatoms. The molecule has 0 radical (unpaired) electrons. The van der Waals surface area contributed by atoms with Gasteiger partial charge < -0.3 is 4.42 Å². The maximum Gasteiger partial charge on any atom is 0.322 e. The number of rotatable bonds is 3. The summed E-state index contributed by atoms with van der Waals surface area (Å²) in [5, 5.41) is 9.87. The molecule has 1 N–H and O–H groups in total. The van der Waals surface area contributed by atoms with Gasteiger partial charge in [-0.2, -0.15) is 0 Å². The van der Waals surface area contributed by atoms with E-state index in [0.717, 1.165) is 12.8 Å². The monoisotopic (exact) mass is 248 g/mol. The van der Waals surface area contributed by atoms with Gasteiger partial charge in [0.15, 0.2) is 0 Å². The number of halogens is 1. The lowest BCUT2D eigenvalue weighted by Gasteiger charge is -1.96. The van der Waals surface area contributed by atoms with Gasteiger partial charge >= 0.3 is 6.01 Å². The van der Waals surface area contributed by atoms with Crippen molar-refractivity contribution in [3.8, 4) is 11.6 Å². The maximum atomic E-state index is 13.0. The van der Waals surface area contributed by atoms with Crippen LogP contribution in [0.25, 0.3) is 11.6 Å². The standard InChI is InChI=1S/C11H9FN4O2/c12-7-3-4-13-8(5-7)10-15-16-11(18-10)14-9(17)6-1-2-6/h3-6H,1-2H2,(H,14,16,17). The molecule has 1 saturated carbocycles. The molecule has 3 rings (SSSR count). The molecule has 1 amide bonds. The van der Waals surface area contributed by atoms with Crippen LogP contribution in [0, 0.1) is 11.7 Å². The SMILES string of the molecule is O=C(Nc1nnc(-c2cc(F)ccn2)o1)C1CC1. The van der Waals surface area contributed by atoms with E-state index >= 15 is 0 Å². The molecule has 18 heavy (non-hydrogen) atoms. The number of anilines is 1. The van der Waals surface area contributed by atoms with Gasteiger partial charge in [0.2, 0.25) is 5.91 Å². The second-order valence-electron chi connectivity index (χ2n) is 4.04. The van der Waals surface area contributed by atoms with Crippen LogP contribution in [-0.4, -0.2) is 21.1 Å². The number of nitrogens with one attached hydrogen (secondary N) is 1. The first-order chi connectivity index (χ1) is 8.72. The van der Waals surface area contributed by atoms with Crippen LogP contribution in [0.5, 0.6) is 0 Å². The second-order valence-corrected chi connectivity index (χ2v) is 4.04. The minimum Gasteiger partial charge on any atom is -0.401 e. The fourth-order valence-electron chi connectivity index (χ4n) is 1.45. The molecule has 1 aliphatic rings. The van der Waals surface area contributed by atoms with Crippen molar-refractivity contribution in [3.05, 3.63) is 24.1 Å². The molecule has 2 heterocycles. The van der Waals surface area contributed by atoms with Crippen molar-refractivity contribution in [3.63, 3.8) is 0 Å². The van der Waals surface area contributed by atoms with Crippen LogP contribution in [0.15, 0.2) is 22.7 Å². The van der Waals surface area contributed by atoms with Gasteiger partial charge in [-0.1, -0.05) is 5.10 Å². The zero-order chi connectivity index (χ0) is 12.5. The van der Waals surface area contributed by atoms with E-state index in [2.05, 4.69) is 20.5 Å². The molecule has 2 aromatic heterocycles. The summed E-state index contributed by atoms with van der Waals surface area (Å²) in [5.74, 6) is -0.451. The molecule has 6 nitrogen and oxygen atoms in total. The lowest BCUT2D eigenvalue weighted by molar-refractivity contribution is -0.117. The average molecular weight is 248 g/mol. The molecule has 1 aliphatic carbocycles. The Morgan fingerprint density at radius 2 is 2.28 bits per heavy atom.